The Labute approximate surface area is 230 Å². The van der Waals surface area contributed by atoms with Crippen molar-refractivity contribution >= 4 is 77.2 Å². The van der Waals surface area contributed by atoms with Crippen LogP contribution in [-0.4, -0.2) is 67.8 Å². The van der Waals surface area contributed by atoms with Crippen molar-refractivity contribution in [1.82, 2.24) is 14.2 Å². The minimum Gasteiger partial charge on any atom is -0.302 e. The lowest BCUT2D eigenvalue weighted by Gasteiger charge is -2.33. The molecule has 4 rings (SSSR count). The first kappa shape index (κ1) is 27.8. The molecule has 1 aromatic carbocycles. The zero-order chi connectivity index (χ0) is 26.0. The van der Waals surface area contributed by atoms with E-state index in [-0.39, 0.29) is 16.0 Å². The largest absolute Gasteiger partial charge is 0.302 e. The summed E-state index contributed by atoms with van der Waals surface area (Å²) in [4.78, 5) is 22.7. The summed E-state index contributed by atoms with van der Waals surface area (Å²) in [5.41, 5.74) is 1.83. The highest BCUT2D eigenvalue weighted by Crippen LogP contribution is 2.35. The first-order valence-electron chi connectivity index (χ1n) is 12.0. The maximum atomic E-state index is 13.8. The van der Waals surface area contributed by atoms with Crippen LogP contribution in [0.15, 0.2) is 28.5 Å². The van der Waals surface area contributed by atoms with Crippen LogP contribution >= 0.6 is 45.9 Å². The number of amides is 1. The lowest BCUT2D eigenvalue weighted by Crippen LogP contribution is -2.46. The third kappa shape index (κ3) is 5.90. The molecule has 7 nitrogen and oxygen atoms in total. The molecule has 2 aromatic heterocycles. The van der Waals surface area contributed by atoms with E-state index in [2.05, 4.69) is 18.7 Å². The second kappa shape index (κ2) is 11.6. The summed E-state index contributed by atoms with van der Waals surface area (Å²) < 4.78 is 29.1. The van der Waals surface area contributed by atoms with E-state index >= 15 is 0 Å². The van der Waals surface area contributed by atoms with Crippen LogP contribution in [0.1, 0.15) is 32.3 Å². The smallest absolute Gasteiger partial charge is 0.252 e. The molecule has 0 unspecified atom stereocenters. The molecule has 0 spiro atoms. The third-order valence-electron chi connectivity index (χ3n) is 6.62. The molecule has 1 aliphatic heterocycles. The first-order valence-corrected chi connectivity index (χ1v) is 15.8. The van der Waals surface area contributed by atoms with Crippen LogP contribution < -0.4 is 4.90 Å². The summed E-state index contributed by atoms with van der Waals surface area (Å²) in [5, 5.41) is 1.31. The number of aromatic nitrogens is 1. The fourth-order valence-corrected chi connectivity index (χ4v) is 9.03. The number of sulfonamides is 1. The normalized spacial score (nSPS) is 15.7. The molecule has 36 heavy (non-hydrogen) atoms. The highest BCUT2D eigenvalue weighted by Gasteiger charge is 2.35. The molecular weight excluding hydrogens is 559 g/mol. The Bertz CT molecular complexity index is 1330. The van der Waals surface area contributed by atoms with E-state index in [4.69, 9.17) is 28.2 Å². The van der Waals surface area contributed by atoms with E-state index in [0.717, 1.165) is 46.8 Å². The zero-order valence-corrected chi connectivity index (χ0v) is 24.5. The highest BCUT2D eigenvalue weighted by molar-refractivity contribution is 7.91. The van der Waals surface area contributed by atoms with Crippen molar-refractivity contribution in [3.05, 3.63) is 39.2 Å². The quantitative estimate of drug-likeness (QED) is 0.318. The number of fused-ring (bicyclic) bond motifs is 1. The number of halogens is 2. The van der Waals surface area contributed by atoms with Gasteiger partial charge in [0.15, 0.2) is 5.13 Å². The number of hydrogen-bond donors (Lipinski definition) is 0. The number of thiophene rings is 1. The van der Waals surface area contributed by atoms with Gasteiger partial charge in [0.2, 0.25) is 5.91 Å². The van der Waals surface area contributed by atoms with Crippen molar-refractivity contribution in [2.24, 2.45) is 5.92 Å². The molecule has 3 heterocycles. The Morgan fingerprint density at radius 1 is 1.11 bits per heavy atom. The SMILES string of the molecule is CCN(CC)CCN(C(=O)C1CCN(S(=O)(=O)c2ccc(Cl)s2)CC1)c1nc2c(C)cc(Cl)cc2s1. The predicted octanol–water partition coefficient (Wildman–Crippen LogP) is 5.75. The van der Waals surface area contributed by atoms with Gasteiger partial charge in [-0.1, -0.05) is 48.4 Å². The van der Waals surface area contributed by atoms with Crippen molar-refractivity contribution in [2.45, 2.75) is 37.8 Å². The molecule has 1 fully saturated rings. The Morgan fingerprint density at radius 3 is 2.42 bits per heavy atom. The lowest BCUT2D eigenvalue weighted by molar-refractivity contribution is -0.123. The molecule has 3 aromatic rings. The maximum Gasteiger partial charge on any atom is 0.252 e. The van der Waals surface area contributed by atoms with Gasteiger partial charge < -0.3 is 4.90 Å². The molecule has 0 saturated carbocycles. The van der Waals surface area contributed by atoms with Gasteiger partial charge in [-0.25, -0.2) is 13.4 Å². The van der Waals surface area contributed by atoms with Crippen molar-refractivity contribution in [2.75, 3.05) is 44.2 Å². The molecular formula is C24H30Cl2N4O3S3. The van der Waals surface area contributed by atoms with Gasteiger partial charge in [0.1, 0.15) is 4.21 Å². The minimum absolute atomic E-state index is 0.00109. The van der Waals surface area contributed by atoms with Crippen LogP contribution in [0, 0.1) is 12.8 Å². The number of carbonyl (C=O) groups excluding carboxylic acids is 1. The molecule has 1 saturated heterocycles. The summed E-state index contributed by atoms with van der Waals surface area (Å²) in [6.07, 6.45) is 0.934. The fraction of sp³-hybridized carbons (Fsp3) is 0.500. The van der Waals surface area contributed by atoms with E-state index in [1.165, 1.54) is 21.7 Å². The predicted molar refractivity (Wildman–Crippen MR) is 150 cm³/mol. The number of nitrogens with zero attached hydrogens (tertiary/aromatic N) is 4. The van der Waals surface area contributed by atoms with Gasteiger partial charge >= 0.3 is 0 Å². The summed E-state index contributed by atoms with van der Waals surface area (Å²) in [5.74, 6) is -0.266. The molecule has 0 N–H and O–H groups in total. The molecule has 0 bridgehead atoms. The first-order chi connectivity index (χ1) is 17.1. The Morgan fingerprint density at radius 2 is 1.81 bits per heavy atom. The highest BCUT2D eigenvalue weighted by atomic mass is 35.5. The van der Waals surface area contributed by atoms with Gasteiger partial charge in [-0.3, -0.25) is 9.69 Å². The molecule has 1 aliphatic rings. The van der Waals surface area contributed by atoms with Crippen molar-refractivity contribution in [1.29, 1.82) is 0 Å². The van der Waals surface area contributed by atoms with Crippen LogP contribution in [0.3, 0.4) is 0 Å². The third-order valence-corrected chi connectivity index (χ3v) is 11.5. The van der Waals surface area contributed by atoms with Crippen LogP contribution in [-0.2, 0) is 14.8 Å². The van der Waals surface area contributed by atoms with E-state index in [1.807, 2.05) is 19.1 Å². The number of aryl methyl sites for hydroxylation is 1. The Kier molecular flexibility index (Phi) is 8.97. The van der Waals surface area contributed by atoms with Crippen LogP contribution in [0.4, 0.5) is 5.13 Å². The molecule has 0 atom stereocenters. The van der Waals surface area contributed by atoms with Gasteiger partial charge in [0.05, 0.1) is 14.6 Å². The van der Waals surface area contributed by atoms with Gasteiger partial charge in [0, 0.05) is 37.1 Å². The second-order valence-electron chi connectivity index (χ2n) is 8.82. The van der Waals surface area contributed by atoms with E-state index in [0.29, 0.717) is 47.0 Å². The summed E-state index contributed by atoms with van der Waals surface area (Å²) in [7, 11) is -3.60. The molecule has 196 valence electrons. The molecule has 12 heteroatoms. The molecule has 0 radical (unpaired) electrons. The summed E-state index contributed by atoms with van der Waals surface area (Å²) in [6, 6.07) is 6.90. The topological polar surface area (TPSA) is 73.8 Å². The summed E-state index contributed by atoms with van der Waals surface area (Å²) >= 11 is 14.7. The number of hydrogen-bond acceptors (Lipinski definition) is 7. The summed E-state index contributed by atoms with van der Waals surface area (Å²) in [6.45, 7) is 9.84. The number of likely N-dealkylation sites (N-methyl/N-ethyl adjacent to an activating group) is 1. The number of anilines is 1. The van der Waals surface area contributed by atoms with Crippen molar-refractivity contribution in [3.8, 4) is 0 Å². The lowest BCUT2D eigenvalue weighted by atomic mass is 9.96. The fourth-order valence-electron chi connectivity index (χ4n) is 4.47. The zero-order valence-electron chi connectivity index (χ0n) is 20.5. The van der Waals surface area contributed by atoms with Gasteiger partial charge in [-0.2, -0.15) is 4.31 Å². The molecule has 0 aliphatic carbocycles. The Hall–Kier alpha value is -1.27. The number of thiazole rings is 1. The van der Waals surface area contributed by atoms with E-state index in [9.17, 15) is 13.2 Å². The van der Waals surface area contributed by atoms with Crippen LogP contribution in [0.5, 0.6) is 0 Å². The van der Waals surface area contributed by atoms with E-state index < -0.39 is 10.0 Å². The van der Waals surface area contributed by atoms with Crippen LogP contribution in [0.25, 0.3) is 10.2 Å². The Balaban J connectivity index is 1.54. The number of carbonyl (C=O) groups is 1. The average Bonchev–Trinajstić information content (AvgIpc) is 3.48. The second-order valence-corrected chi connectivity index (χ2v) is 14.1. The molecule has 1 amide bonds. The number of rotatable bonds is 9. The van der Waals surface area contributed by atoms with Crippen LogP contribution in [0.2, 0.25) is 9.36 Å². The maximum absolute atomic E-state index is 13.8. The van der Waals surface area contributed by atoms with Gasteiger partial charge in [-0.15, -0.1) is 11.3 Å². The monoisotopic (exact) mass is 588 g/mol. The van der Waals surface area contributed by atoms with Gasteiger partial charge in [-0.05, 0) is 62.7 Å². The van der Waals surface area contributed by atoms with Gasteiger partial charge in [0.25, 0.3) is 10.0 Å². The minimum atomic E-state index is -3.60. The van der Waals surface area contributed by atoms with E-state index in [1.54, 1.807) is 11.0 Å². The standard InChI is InChI=1S/C24H30Cl2N4O3S3/c1-4-28(5-2)12-13-30(24-27-22-16(3)14-18(25)15-19(22)34-24)23(31)17-8-10-29(11-9-17)36(32,33)21-7-6-20(26)35-21/h6-7,14-15,17H,4-5,8-13H2,1-3H3. The van der Waals surface area contributed by atoms with Crippen molar-refractivity contribution in [3.63, 3.8) is 0 Å². The van der Waals surface area contributed by atoms with Crippen molar-refractivity contribution < 1.29 is 13.2 Å². The number of piperidine rings is 1. The average molecular weight is 590 g/mol. The number of benzene rings is 1.